The zero-order valence-corrected chi connectivity index (χ0v) is 15.6. The normalized spacial score (nSPS) is 26.7. The maximum atomic E-state index is 10.8. The Morgan fingerprint density at radius 3 is 1.29 bits per heavy atom. The minimum atomic E-state index is -0.567. The first kappa shape index (κ1) is 17.3. The van der Waals surface area contributed by atoms with Crippen molar-refractivity contribution < 1.29 is 10.2 Å². The van der Waals surface area contributed by atoms with Crippen LogP contribution in [0.15, 0.2) is 0 Å². The van der Waals surface area contributed by atoms with E-state index in [9.17, 15) is 10.2 Å². The molecule has 0 aromatic carbocycles. The van der Waals surface area contributed by atoms with Gasteiger partial charge in [-0.1, -0.05) is 13.8 Å². The third kappa shape index (κ3) is 2.27. The summed E-state index contributed by atoms with van der Waals surface area (Å²) in [5.74, 6) is -0.468. The maximum Gasteiger partial charge on any atom is 0.0756 e. The molecule has 1 saturated carbocycles. The molecule has 24 heavy (non-hydrogen) atoms. The van der Waals surface area contributed by atoms with Crippen molar-refractivity contribution in [3.8, 4) is 0 Å². The van der Waals surface area contributed by atoms with Crippen LogP contribution >= 0.6 is 0 Å². The molecule has 0 bridgehead atoms. The SMILES string of the molecule is CCc1c(C)[nH]c(C2C(O)C(c3[nH]c(C)c(CC)c3C)C2O)c1C. The van der Waals surface area contributed by atoms with Crippen LogP contribution in [-0.4, -0.2) is 32.4 Å². The molecule has 2 heterocycles. The van der Waals surface area contributed by atoms with E-state index in [1.54, 1.807) is 0 Å². The smallest absolute Gasteiger partial charge is 0.0756 e. The first-order chi connectivity index (χ1) is 11.3. The van der Waals surface area contributed by atoms with E-state index < -0.39 is 12.2 Å². The number of aryl methyl sites for hydroxylation is 2. The molecule has 2 aromatic heterocycles. The van der Waals surface area contributed by atoms with Crippen molar-refractivity contribution in [2.24, 2.45) is 0 Å². The van der Waals surface area contributed by atoms with Gasteiger partial charge in [0.25, 0.3) is 0 Å². The van der Waals surface area contributed by atoms with Crippen LogP contribution in [0.25, 0.3) is 0 Å². The van der Waals surface area contributed by atoms with E-state index >= 15 is 0 Å². The van der Waals surface area contributed by atoms with Crippen LogP contribution in [0, 0.1) is 27.7 Å². The van der Waals surface area contributed by atoms with E-state index in [1.165, 1.54) is 22.3 Å². The van der Waals surface area contributed by atoms with Crippen molar-refractivity contribution in [2.45, 2.75) is 78.4 Å². The number of aliphatic hydroxyl groups excluding tert-OH is 2. The van der Waals surface area contributed by atoms with E-state index in [-0.39, 0.29) is 11.8 Å². The van der Waals surface area contributed by atoms with E-state index in [0.29, 0.717) is 0 Å². The molecule has 0 radical (unpaired) electrons. The van der Waals surface area contributed by atoms with Gasteiger partial charge in [0.05, 0.1) is 24.0 Å². The molecule has 0 spiro atoms. The maximum absolute atomic E-state index is 10.8. The van der Waals surface area contributed by atoms with Crippen molar-refractivity contribution in [2.75, 3.05) is 0 Å². The van der Waals surface area contributed by atoms with Gasteiger partial charge in [-0.25, -0.2) is 0 Å². The Morgan fingerprint density at radius 1 is 0.708 bits per heavy atom. The van der Waals surface area contributed by atoms with Crippen LogP contribution in [-0.2, 0) is 12.8 Å². The quantitative estimate of drug-likeness (QED) is 0.694. The highest BCUT2D eigenvalue weighted by Crippen LogP contribution is 2.50. The van der Waals surface area contributed by atoms with Crippen molar-refractivity contribution >= 4 is 0 Å². The molecule has 4 heteroatoms. The Labute approximate surface area is 144 Å². The first-order valence-corrected chi connectivity index (χ1v) is 9.05. The number of nitrogens with one attached hydrogen (secondary N) is 2. The number of H-pyrrole nitrogens is 2. The summed E-state index contributed by atoms with van der Waals surface area (Å²) >= 11 is 0. The zero-order valence-electron chi connectivity index (χ0n) is 15.6. The number of aliphatic hydroxyl groups is 2. The minimum Gasteiger partial charge on any atom is -0.392 e. The van der Waals surface area contributed by atoms with Crippen molar-refractivity contribution in [1.82, 2.24) is 9.97 Å². The Hall–Kier alpha value is -1.52. The molecule has 4 N–H and O–H groups in total. The highest BCUT2D eigenvalue weighted by molar-refractivity contribution is 5.45. The van der Waals surface area contributed by atoms with Crippen molar-refractivity contribution in [3.63, 3.8) is 0 Å². The topological polar surface area (TPSA) is 72.0 Å². The van der Waals surface area contributed by atoms with Gasteiger partial charge in [0.2, 0.25) is 0 Å². The summed E-state index contributed by atoms with van der Waals surface area (Å²) in [4.78, 5) is 6.82. The summed E-state index contributed by atoms with van der Waals surface area (Å²) in [7, 11) is 0. The molecule has 132 valence electrons. The number of aromatic nitrogens is 2. The van der Waals surface area contributed by atoms with Crippen molar-refractivity contribution in [1.29, 1.82) is 0 Å². The van der Waals surface area contributed by atoms with Crippen LogP contribution in [0.4, 0.5) is 0 Å². The summed E-state index contributed by atoms with van der Waals surface area (Å²) in [5.41, 5.74) is 9.26. The predicted molar refractivity (Wildman–Crippen MR) is 96.8 cm³/mol. The van der Waals surface area contributed by atoms with Crippen LogP contribution in [0.5, 0.6) is 0 Å². The molecule has 1 fully saturated rings. The summed E-state index contributed by atoms with van der Waals surface area (Å²) in [6.07, 6.45) is 0.794. The monoisotopic (exact) mass is 330 g/mol. The van der Waals surface area contributed by atoms with Gasteiger partial charge >= 0.3 is 0 Å². The Morgan fingerprint density at radius 2 is 1.04 bits per heavy atom. The van der Waals surface area contributed by atoms with Crippen LogP contribution in [0.3, 0.4) is 0 Å². The largest absolute Gasteiger partial charge is 0.392 e. The van der Waals surface area contributed by atoms with Gasteiger partial charge in [-0.2, -0.15) is 0 Å². The number of rotatable bonds is 4. The fourth-order valence-corrected chi connectivity index (χ4v) is 4.75. The van der Waals surface area contributed by atoms with E-state index in [0.717, 1.165) is 35.6 Å². The third-order valence-electron chi connectivity index (χ3n) is 6.11. The highest BCUT2D eigenvalue weighted by Gasteiger charge is 2.52. The summed E-state index contributed by atoms with van der Waals surface area (Å²) in [5, 5.41) is 21.7. The Bertz CT molecular complexity index is 684. The van der Waals surface area contributed by atoms with Crippen LogP contribution in [0.1, 0.15) is 70.7 Å². The summed E-state index contributed by atoms with van der Waals surface area (Å²) < 4.78 is 0. The average Bonchev–Trinajstić information content (AvgIpc) is 2.96. The molecule has 1 aliphatic carbocycles. The fraction of sp³-hybridized carbons (Fsp3) is 0.600. The molecule has 0 saturated heterocycles. The van der Waals surface area contributed by atoms with E-state index in [1.807, 2.05) is 0 Å². The van der Waals surface area contributed by atoms with Gasteiger partial charge in [0, 0.05) is 22.8 Å². The second-order valence-corrected chi connectivity index (χ2v) is 7.27. The minimum absolute atomic E-state index is 0.234. The predicted octanol–water partition coefficient (Wildman–Crippen LogP) is 3.30. The highest BCUT2D eigenvalue weighted by atomic mass is 16.3. The lowest BCUT2D eigenvalue weighted by molar-refractivity contribution is -0.0815. The molecule has 1 aliphatic rings. The lowest BCUT2D eigenvalue weighted by Gasteiger charge is -2.46. The second-order valence-electron chi connectivity index (χ2n) is 7.27. The molecule has 0 atom stereocenters. The lowest BCUT2D eigenvalue weighted by atomic mass is 9.65. The molecule has 0 unspecified atom stereocenters. The van der Waals surface area contributed by atoms with E-state index in [4.69, 9.17) is 0 Å². The zero-order chi connectivity index (χ0) is 17.8. The van der Waals surface area contributed by atoms with Gasteiger partial charge in [-0.05, 0) is 62.8 Å². The van der Waals surface area contributed by atoms with Crippen LogP contribution < -0.4 is 0 Å². The van der Waals surface area contributed by atoms with Crippen LogP contribution in [0.2, 0.25) is 0 Å². The molecular formula is C20H30N2O2. The molecule has 3 rings (SSSR count). The average molecular weight is 330 g/mol. The van der Waals surface area contributed by atoms with Gasteiger partial charge < -0.3 is 20.2 Å². The standard InChI is InChI=1S/C20H30N2O2/c1-7-13-9(3)17(21-11(13)5)15-19(23)16(20(15)24)18-10(4)14(8-2)12(6)22-18/h15-16,19-24H,7-8H2,1-6H3. The van der Waals surface area contributed by atoms with Gasteiger partial charge in [0.1, 0.15) is 0 Å². The molecule has 4 nitrogen and oxygen atoms in total. The molecular weight excluding hydrogens is 300 g/mol. The second kappa shape index (κ2) is 6.08. The number of hydrogen-bond donors (Lipinski definition) is 4. The summed E-state index contributed by atoms with van der Waals surface area (Å²) in [6, 6.07) is 0. The van der Waals surface area contributed by atoms with Gasteiger partial charge in [0.15, 0.2) is 0 Å². The molecule has 0 aliphatic heterocycles. The van der Waals surface area contributed by atoms with E-state index in [2.05, 4.69) is 51.5 Å². The number of aromatic amines is 2. The molecule has 2 aromatic rings. The Kier molecular flexibility index (Phi) is 4.39. The van der Waals surface area contributed by atoms with Crippen molar-refractivity contribution in [3.05, 3.63) is 45.0 Å². The molecule has 0 amide bonds. The van der Waals surface area contributed by atoms with Gasteiger partial charge in [-0.15, -0.1) is 0 Å². The number of hydrogen-bond acceptors (Lipinski definition) is 2. The first-order valence-electron chi connectivity index (χ1n) is 9.05. The Balaban J connectivity index is 1.93. The summed E-state index contributed by atoms with van der Waals surface area (Å²) in [6.45, 7) is 12.6. The third-order valence-corrected chi connectivity index (χ3v) is 6.11. The fourth-order valence-electron chi connectivity index (χ4n) is 4.75. The van der Waals surface area contributed by atoms with Gasteiger partial charge in [-0.3, -0.25) is 0 Å². The lowest BCUT2D eigenvalue weighted by Crippen LogP contribution is -2.52.